The molecule has 2 N–H and O–H groups in total. The van der Waals surface area contributed by atoms with Gasteiger partial charge in [-0.05, 0) is 51.4 Å². The van der Waals surface area contributed by atoms with E-state index in [4.69, 9.17) is 9.47 Å². The number of ketones is 1. The van der Waals surface area contributed by atoms with Gasteiger partial charge in [0, 0.05) is 14.2 Å². The zero-order valence-electron chi connectivity index (χ0n) is 12.4. The van der Waals surface area contributed by atoms with Crippen LogP contribution in [0.25, 0.3) is 0 Å². The van der Waals surface area contributed by atoms with Crippen molar-refractivity contribution in [3.8, 4) is 0 Å². The number of hydrogen-bond donors (Lipinski definition) is 2. The Kier molecular flexibility index (Phi) is 4.84. The van der Waals surface area contributed by atoms with Gasteiger partial charge < -0.3 is 19.7 Å². The van der Waals surface area contributed by atoms with Gasteiger partial charge in [0.1, 0.15) is 11.2 Å². The van der Waals surface area contributed by atoms with E-state index in [1.807, 2.05) is 0 Å². The fourth-order valence-corrected chi connectivity index (χ4v) is 3.50. The average Bonchev–Trinajstić information content (AvgIpc) is 2.48. The van der Waals surface area contributed by atoms with Crippen LogP contribution in [0.4, 0.5) is 0 Å². The summed E-state index contributed by atoms with van der Waals surface area (Å²) in [6.45, 7) is 0. The molecule has 0 heterocycles. The second kappa shape index (κ2) is 6.10. The number of methoxy groups -OCH3 is 2. The maximum absolute atomic E-state index is 12.6. The number of carbonyl (C=O) groups excluding carboxylic acids is 1. The summed E-state index contributed by atoms with van der Waals surface area (Å²) in [6.07, 6.45) is 4.38. The van der Waals surface area contributed by atoms with E-state index in [0.29, 0.717) is 51.4 Å². The van der Waals surface area contributed by atoms with Crippen LogP contribution < -0.4 is 0 Å². The van der Waals surface area contributed by atoms with E-state index in [2.05, 4.69) is 0 Å². The second-order valence-corrected chi connectivity index (χ2v) is 6.26. The van der Waals surface area contributed by atoms with Gasteiger partial charge in [-0.3, -0.25) is 4.79 Å². The molecule has 0 atom stereocenters. The van der Waals surface area contributed by atoms with E-state index in [9.17, 15) is 15.0 Å². The van der Waals surface area contributed by atoms with Crippen molar-refractivity contribution in [1.29, 1.82) is 0 Å². The Labute approximate surface area is 120 Å². The first-order chi connectivity index (χ1) is 9.43. The maximum atomic E-state index is 12.6. The Morgan fingerprint density at radius 2 is 1.15 bits per heavy atom. The zero-order valence-corrected chi connectivity index (χ0v) is 12.4. The van der Waals surface area contributed by atoms with Gasteiger partial charge in [0.15, 0.2) is 5.78 Å². The Bertz CT molecular complexity index is 306. The van der Waals surface area contributed by atoms with Crippen LogP contribution in [-0.2, 0) is 14.3 Å². The molecule has 0 saturated heterocycles. The van der Waals surface area contributed by atoms with Crippen molar-refractivity contribution < 1.29 is 24.5 Å². The lowest BCUT2D eigenvalue weighted by Gasteiger charge is -2.42. The SMILES string of the molecule is COC1CCC(O)(C(=O)C2(O)CCC(OC)CC2)CC1. The summed E-state index contributed by atoms with van der Waals surface area (Å²) in [6, 6.07) is 0. The van der Waals surface area contributed by atoms with Crippen molar-refractivity contribution in [3.05, 3.63) is 0 Å². The molecule has 2 saturated carbocycles. The van der Waals surface area contributed by atoms with Crippen LogP contribution in [0, 0.1) is 0 Å². The van der Waals surface area contributed by atoms with Crippen molar-refractivity contribution in [2.75, 3.05) is 14.2 Å². The summed E-state index contributed by atoms with van der Waals surface area (Å²) in [4.78, 5) is 12.6. The molecule has 0 aromatic carbocycles. The quantitative estimate of drug-likeness (QED) is 0.812. The largest absolute Gasteiger partial charge is 0.382 e. The van der Waals surface area contributed by atoms with Gasteiger partial charge in [0.05, 0.1) is 12.2 Å². The lowest BCUT2D eigenvalue weighted by molar-refractivity contribution is -0.168. The Morgan fingerprint density at radius 1 is 0.850 bits per heavy atom. The third kappa shape index (κ3) is 3.06. The molecule has 0 spiro atoms. The molecule has 5 heteroatoms. The highest BCUT2D eigenvalue weighted by Gasteiger charge is 2.51. The third-order valence-electron chi connectivity index (χ3n) is 5.03. The third-order valence-corrected chi connectivity index (χ3v) is 5.03. The summed E-state index contributed by atoms with van der Waals surface area (Å²) < 4.78 is 10.5. The first-order valence-corrected chi connectivity index (χ1v) is 7.49. The van der Waals surface area contributed by atoms with Gasteiger partial charge in [-0.2, -0.15) is 0 Å². The minimum absolute atomic E-state index is 0.113. The summed E-state index contributed by atoms with van der Waals surface area (Å²) in [5.41, 5.74) is -2.77. The van der Waals surface area contributed by atoms with Crippen LogP contribution in [0.15, 0.2) is 0 Å². The predicted molar refractivity (Wildman–Crippen MR) is 73.4 cm³/mol. The van der Waals surface area contributed by atoms with Crippen molar-refractivity contribution in [3.63, 3.8) is 0 Å². The first kappa shape index (κ1) is 15.9. The number of Topliss-reactive ketones (excluding diaryl/α,β-unsaturated/α-hetero) is 1. The number of rotatable bonds is 4. The summed E-state index contributed by atoms with van der Waals surface area (Å²) >= 11 is 0. The monoisotopic (exact) mass is 286 g/mol. The smallest absolute Gasteiger partial charge is 0.195 e. The lowest BCUT2D eigenvalue weighted by atomic mass is 9.70. The van der Waals surface area contributed by atoms with Crippen LogP contribution in [0.3, 0.4) is 0 Å². The Balaban J connectivity index is 2.00. The molecule has 2 aliphatic carbocycles. The molecule has 20 heavy (non-hydrogen) atoms. The maximum Gasteiger partial charge on any atom is 0.195 e. The Morgan fingerprint density at radius 3 is 1.40 bits per heavy atom. The number of ether oxygens (including phenoxy) is 2. The number of aliphatic hydroxyl groups is 2. The van der Waals surface area contributed by atoms with Crippen molar-refractivity contribution in [1.82, 2.24) is 0 Å². The second-order valence-electron chi connectivity index (χ2n) is 6.26. The molecule has 2 rings (SSSR count). The molecule has 0 unspecified atom stereocenters. The molecule has 2 aliphatic rings. The summed E-state index contributed by atoms with van der Waals surface area (Å²) in [7, 11) is 3.30. The van der Waals surface area contributed by atoms with E-state index in [-0.39, 0.29) is 12.2 Å². The molecule has 2 fully saturated rings. The molecule has 0 bridgehead atoms. The van der Waals surface area contributed by atoms with Crippen LogP contribution in [0.2, 0.25) is 0 Å². The normalized spacial score (nSPS) is 42.4. The van der Waals surface area contributed by atoms with Crippen molar-refractivity contribution in [2.24, 2.45) is 0 Å². The average molecular weight is 286 g/mol. The zero-order chi connectivity index (χ0) is 14.8. The summed E-state index contributed by atoms with van der Waals surface area (Å²) in [5.74, 6) is -0.394. The fraction of sp³-hybridized carbons (Fsp3) is 0.933. The van der Waals surface area contributed by atoms with E-state index in [1.165, 1.54) is 0 Å². The Hall–Kier alpha value is -0.490. The van der Waals surface area contributed by atoms with Gasteiger partial charge in [-0.25, -0.2) is 0 Å². The number of carbonyl (C=O) groups is 1. The van der Waals surface area contributed by atoms with Crippen LogP contribution in [-0.4, -0.2) is 53.6 Å². The van der Waals surface area contributed by atoms with E-state index in [0.717, 1.165) is 0 Å². The lowest BCUT2D eigenvalue weighted by Crippen LogP contribution is -2.56. The first-order valence-electron chi connectivity index (χ1n) is 7.49. The highest BCUT2D eigenvalue weighted by Crippen LogP contribution is 2.39. The van der Waals surface area contributed by atoms with Crippen LogP contribution in [0.5, 0.6) is 0 Å². The van der Waals surface area contributed by atoms with Crippen LogP contribution in [0.1, 0.15) is 51.4 Å². The van der Waals surface area contributed by atoms with E-state index in [1.54, 1.807) is 14.2 Å². The van der Waals surface area contributed by atoms with Gasteiger partial charge in [-0.1, -0.05) is 0 Å². The topological polar surface area (TPSA) is 76.0 Å². The minimum Gasteiger partial charge on any atom is -0.382 e. The molecule has 0 aromatic heterocycles. The van der Waals surface area contributed by atoms with Crippen molar-refractivity contribution >= 4 is 5.78 Å². The number of hydrogen-bond acceptors (Lipinski definition) is 5. The van der Waals surface area contributed by atoms with Gasteiger partial charge in [-0.15, -0.1) is 0 Å². The van der Waals surface area contributed by atoms with E-state index >= 15 is 0 Å². The molecule has 0 radical (unpaired) electrons. The molecular weight excluding hydrogens is 260 g/mol. The van der Waals surface area contributed by atoms with Gasteiger partial charge >= 0.3 is 0 Å². The van der Waals surface area contributed by atoms with Crippen molar-refractivity contribution in [2.45, 2.75) is 74.8 Å². The molecule has 116 valence electrons. The highest BCUT2D eigenvalue weighted by atomic mass is 16.5. The standard InChI is InChI=1S/C15H26O5/c1-19-11-3-7-14(17,8-4-11)13(16)15(18)9-5-12(20-2)6-10-15/h11-12,17-18H,3-10H2,1-2H3. The molecular formula is C15H26O5. The van der Waals surface area contributed by atoms with Crippen LogP contribution >= 0.6 is 0 Å². The summed E-state index contributed by atoms with van der Waals surface area (Å²) in [5, 5.41) is 21.2. The highest BCUT2D eigenvalue weighted by molar-refractivity contribution is 5.94. The van der Waals surface area contributed by atoms with Gasteiger partial charge in [0.25, 0.3) is 0 Å². The molecule has 0 aromatic rings. The molecule has 0 aliphatic heterocycles. The fourth-order valence-electron chi connectivity index (χ4n) is 3.50. The van der Waals surface area contributed by atoms with Gasteiger partial charge in [0.2, 0.25) is 0 Å². The molecule has 0 amide bonds. The van der Waals surface area contributed by atoms with E-state index < -0.39 is 17.0 Å². The minimum atomic E-state index is -1.39. The molecule has 5 nitrogen and oxygen atoms in total. The predicted octanol–water partition coefficient (Wildman–Crippen LogP) is 1.20.